The van der Waals surface area contributed by atoms with Gasteiger partial charge in [-0.15, -0.1) is 0 Å². The average molecular weight is 400 g/mol. The van der Waals surface area contributed by atoms with Crippen LogP contribution >= 0.6 is 0 Å². The van der Waals surface area contributed by atoms with Crippen molar-refractivity contribution in [3.63, 3.8) is 0 Å². The number of benzene rings is 2. The predicted octanol–water partition coefficient (Wildman–Crippen LogP) is 2.26. The number of rotatable bonds is 1. The first-order chi connectivity index (χ1) is 10.1. The van der Waals surface area contributed by atoms with Gasteiger partial charge in [-0.1, -0.05) is 58.4 Å². The molecule has 2 aromatic rings. The Hall–Kier alpha value is -0.644. The molecule has 0 aromatic heterocycles. The van der Waals surface area contributed by atoms with Crippen LogP contribution in [0.5, 0.6) is 0 Å². The van der Waals surface area contributed by atoms with E-state index in [1.54, 1.807) is 0 Å². The van der Waals surface area contributed by atoms with Gasteiger partial charge < -0.3 is 17.0 Å². The number of carbonyl (C=O) groups is 1. The van der Waals surface area contributed by atoms with Gasteiger partial charge in [0.05, 0.1) is 0 Å². The topological polar surface area (TPSA) is 17.1 Å². The van der Waals surface area contributed by atoms with E-state index in [0.717, 1.165) is 11.1 Å². The first-order valence-electron chi connectivity index (χ1n) is 7.68. The van der Waals surface area contributed by atoms with E-state index in [-0.39, 0.29) is 51.2 Å². The molecule has 0 amide bonds. The minimum absolute atomic E-state index is 0. The molecule has 0 atom stereocenters. The van der Waals surface area contributed by atoms with Crippen LogP contribution in [0.25, 0.3) is 0 Å². The third kappa shape index (κ3) is 8.45. The van der Waals surface area contributed by atoms with Crippen molar-refractivity contribution in [3.05, 3.63) is 70.3 Å². The molecule has 2 rings (SSSR count). The van der Waals surface area contributed by atoms with E-state index in [2.05, 4.69) is 25.1 Å². The van der Waals surface area contributed by atoms with Gasteiger partial charge in [0.15, 0.2) is 5.78 Å². The SMILES string of the molecule is Cc1[c-]ccc(C)c1.Cc1ccc(C(=O)C(C)(C)C)c(C)c1.[Br-].[Mg+2]. The largest absolute Gasteiger partial charge is 2.00 e. The van der Waals surface area contributed by atoms with Crippen molar-refractivity contribution in [2.24, 2.45) is 5.41 Å². The molecule has 0 aliphatic heterocycles. The molecular formula is C21H27BrMgO. The Morgan fingerprint density at radius 2 is 1.46 bits per heavy atom. The zero-order valence-corrected chi connectivity index (χ0v) is 19.0. The minimum Gasteiger partial charge on any atom is -1.00 e. The first-order valence-corrected chi connectivity index (χ1v) is 7.68. The normalized spacial score (nSPS) is 9.79. The molecule has 0 bridgehead atoms. The standard InChI is InChI=1S/C13H18O.C8H9.BrH.Mg/c1-9-6-7-11(10(2)8-9)12(14)13(3,4)5;1-7-4-3-5-8(2)6-7;;/h6-8H,1-5H3;3-4,6H,1-2H3;1H;/q;-1;;+2/p-1. The maximum Gasteiger partial charge on any atom is 2.00 e. The smallest absolute Gasteiger partial charge is 1.00 e. The summed E-state index contributed by atoms with van der Waals surface area (Å²) in [5.41, 5.74) is 5.35. The molecule has 0 spiro atoms. The summed E-state index contributed by atoms with van der Waals surface area (Å²) < 4.78 is 0. The molecule has 3 heteroatoms. The van der Waals surface area contributed by atoms with Crippen LogP contribution in [0, 0.1) is 39.2 Å². The summed E-state index contributed by atoms with van der Waals surface area (Å²) in [6.45, 7) is 14.0. The zero-order valence-electron chi connectivity index (χ0n) is 16.0. The van der Waals surface area contributed by atoms with Crippen LogP contribution in [0.2, 0.25) is 0 Å². The van der Waals surface area contributed by atoms with Gasteiger partial charge in [0.25, 0.3) is 0 Å². The Bertz CT molecular complexity index is 640. The maximum absolute atomic E-state index is 12.0. The van der Waals surface area contributed by atoms with Gasteiger partial charge in [0, 0.05) is 11.0 Å². The number of hydrogen-bond donors (Lipinski definition) is 0. The van der Waals surface area contributed by atoms with Crippen LogP contribution in [0.1, 0.15) is 53.4 Å². The molecular weight excluding hydrogens is 372 g/mol. The van der Waals surface area contributed by atoms with Crippen molar-refractivity contribution in [3.8, 4) is 0 Å². The second-order valence-corrected chi connectivity index (χ2v) is 6.95. The molecule has 0 radical (unpaired) electrons. The van der Waals surface area contributed by atoms with Crippen LogP contribution in [0.15, 0.2) is 36.4 Å². The van der Waals surface area contributed by atoms with Crippen molar-refractivity contribution in [1.82, 2.24) is 0 Å². The van der Waals surface area contributed by atoms with Crippen molar-refractivity contribution >= 4 is 28.8 Å². The third-order valence-electron chi connectivity index (χ3n) is 3.41. The van der Waals surface area contributed by atoms with Gasteiger partial charge in [0.1, 0.15) is 0 Å². The average Bonchev–Trinajstić information content (AvgIpc) is 2.37. The molecule has 2 aromatic carbocycles. The van der Waals surface area contributed by atoms with E-state index >= 15 is 0 Å². The number of Topliss-reactive ketones (excluding diaryl/α,β-unsaturated/α-hetero) is 1. The molecule has 0 saturated carbocycles. The summed E-state index contributed by atoms with van der Waals surface area (Å²) in [6, 6.07) is 15.2. The fraction of sp³-hybridized carbons (Fsp3) is 0.381. The summed E-state index contributed by atoms with van der Waals surface area (Å²) in [6.07, 6.45) is 0. The number of carbonyl (C=O) groups excluding carboxylic acids is 1. The van der Waals surface area contributed by atoms with E-state index in [0.29, 0.717) is 0 Å². The molecule has 24 heavy (non-hydrogen) atoms. The number of halogens is 1. The monoisotopic (exact) mass is 398 g/mol. The Morgan fingerprint density at radius 3 is 1.83 bits per heavy atom. The quantitative estimate of drug-likeness (QED) is 0.408. The summed E-state index contributed by atoms with van der Waals surface area (Å²) in [5.74, 6) is 0.218. The summed E-state index contributed by atoms with van der Waals surface area (Å²) in [4.78, 5) is 12.0. The predicted molar refractivity (Wildman–Crippen MR) is 100 cm³/mol. The van der Waals surface area contributed by atoms with Gasteiger partial charge in [-0.05, 0) is 19.4 Å². The van der Waals surface area contributed by atoms with E-state index in [9.17, 15) is 4.79 Å². The number of aryl methyl sites for hydroxylation is 4. The van der Waals surface area contributed by atoms with Crippen LogP contribution in [-0.2, 0) is 0 Å². The number of ketones is 1. The second-order valence-electron chi connectivity index (χ2n) is 6.95. The number of hydrogen-bond acceptors (Lipinski definition) is 1. The van der Waals surface area contributed by atoms with Crippen molar-refractivity contribution < 1.29 is 21.8 Å². The van der Waals surface area contributed by atoms with E-state index in [1.165, 1.54) is 16.7 Å². The fourth-order valence-electron chi connectivity index (χ4n) is 2.21. The zero-order chi connectivity index (χ0) is 16.9. The second kappa shape index (κ2) is 11.1. The molecule has 0 fully saturated rings. The van der Waals surface area contributed by atoms with E-state index in [1.807, 2.05) is 65.8 Å². The van der Waals surface area contributed by atoms with Crippen molar-refractivity contribution in [2.45, 2.75) is 48.5 Å². The van der Waals surface area contributed by atoms with Crippen molar-refractivity contribution in [1.29, 1.82) is 0 Å². The Balaban J connectivity index is 0. The summed E-state index contributed by atoms with van der Waals surface area (Å²) in [7, 11) is 0. The van der Waals surface area contributed by atoms with Gasteiger partial charge in [-0.3, -0.25) is 4.79 Å². The Labute approximate surface area is 174 Å². The van der Waals surface area contributed by atoms with Crippen molar-refractivity contribution in [2.75, 3.05) is 0 Å². The van der Waals surface area contributed by atoms with Gasteiger partial charge in [-0.25, -0.2) is 0 Å². The Kier molecular flexibility index (Phi) is 11.8. The van der Waals surface area contributed by atoms with Gasteiger partial charge in [0.2, 0.25) is 0 Å². The minimum atomic E-state index is -0.292. The van der Waals surface area contributed by atoms with Crippen LogP contribution in [0.4, 0.5) is 0 Å². The third-order valence-corrected chi connectivity index (χ3v) is 3.41. The van der Waals surface area contributed by atoms with Crippen LogP contribution in [0.3, 0.4) is 0 Å². The molecule has 0 unspecified atom stereocenters. The molecule has 0 aliphatic carbocycles. The van der Waals surface area contributed by atoms with Gasteiger partial charge >= 0.3 is 23.1 Å². The van der Waals surface area contributed by atoms with E-state index in [4.69, 9.17) is 0 Å². The molecule has 0 heterocycles. The molecule has 1 nitrogen and oxygen atoms in total. The maximum atomic E-state index is 12.0. The molecule has 0 N–H and O–H groups in total. The fourth-order valence-corrected chi connectivity index (χ4v) is 2.21. The van der Waals surface area contributed by atoms with Gasteiger partial charge in [-0.2, -0.15) is 35.4 Å². The first kappa shape index (κ1) is 25.6. The molecule has 126 valence electrons. The molecule has 0 saturated heterocycles. The van der Waals surface area contributed by atoms with E-state index < -0.39 is 0 Å². The summed E-state index contributed by atoms with van der Waals surface area (Å²) >= 11 is 0. The molecule has 0 aliphatic rings. The Morgan fingerprint density at radius 1 is 0.917 bits per heavy atom. The summed E-state index contributed by atoms with van der Waals surface area (Å²) in [5, 5.41) is 0. The van der Waals surface area contributed by atoms with Crippen LogP contribution in [-0.4, -0.2) is 28.8 Å². The van der Waals surface area contributed by atoms with Crippen LogP contribution < -0.4 is 17.0 Å².